The van der Waals surface area contributed by atoms with Crippen LogP contribution in [0.4, 0.5) is 0 Å². The zero-order chi connectivity index (χ0) is 12.3. The topological polar surface area (TPSA) is 76.0 Å². The van der Waals surface area contributed by atoms with Crippen LogP contribution in [0.3, 0.4) is 0 Å². The van der Waals surface area contributed by atoms with Gasteiger partial charge in [-0.05, 0) is 13.0 Å². The Labute approximate surface area is 99.4 Å². The zero-order valence-electron chi connectivity index (χ0n) is 9.77. The molecule has 0 radical (unpaired) electrons. The summed E-state index contributed by atoms with van der Waals surface area (Å²) >= 11 is 0. The van der Waals surface area contributed by atoms with Gasteiger partial charge in [0.25, 0.3) is 0 Å². The van der Waals surface area contributed by atoms with Gasteiger partial charge in [-0.3, -0.25) is 14.9 Å². The molecule has 6 heteroatoms. The predicted molar refractivity (Wildman–Crippen MR) is 61.0 cm³/mol. The average Bonchev–Trinajstić information content (AvgIpc) is 2.74. The van der Waals surface area contributed by atoms with E-state index in [-0.39, 0.29) is 17.9 Å². The summed E-state index contributed by atoms with van der Waals surface area (Å²) in [5.41, 5.74) is 0.960. The van der Waals surface area contributed by atoms with Crippen LogP contribution in [0.1, 0.15) is 31.5 Å². The number of carbonyl (C=O) groups excluding carboxylic acids is 2. The third-order valence-electron chi connectivity index (χ3n) is 2.85. The van der Waals surface area contributed by atoms with Crippen molar-refractivity contribution in [2.45, 2.75) is 32.4 Å². The van der Waals surface area contributed by atoms with Crippen molar-refractivity contribution < 1.29 is 9.59 Å². The summed E-state index contributed by atoms with van der Waals surface area (Å²) in [4.78, 5) is 26.9. The van der Waals surface area contributed by atoms with E-state index in [1.54, 1.807) is 12.5 Å². The van der Waals surface area contributed by atoms with Crippen molar-refractivity contribution in [3.05, 3.63) is 18.2 Å². The van der Waals surface area contributed by atoms with E-state index in [1.165, 1.54) is 0 Å². The molecule has 92 valence electrons. The number of hydrogen-bond donors (Lipinski definition) is 2. The highest BCUT2D eigenvalue weighted by Gasteiger charge is 2.28. The Morgan fingerprint density at radius 2 is 2.41 bits per heavy atom. The van der Waals surface area contributed by atoms with Crippen LogP contribution in [-0.4, -0.2) is 27.9 Å². The summed E-state index contributed by atoms with van der Waals surface area (Å²) in [7, 11) is 0. The highest BCUT2D eigenvalue weighted by Crippen LogP contribution is 2.20. The van der Waals surface area contributed by atoms with E-state index >= 15 is 0 Å². The first-order chi connectivity index (χ1) is 8.22. The third-order valence-corrected chi connectivity index (χ3v) is 2.85. The minimum absolute atomic E-state index is 0.195. The molecule has 0 aromatic carbocycles. The second-order valence-electron chi connectivity index (χ2n) is 4.04. The second kappa shape index (κ2) is 5.09. The van der Waals surface area contributed by atoms with Crippen molar-refractivity contribution in [1.29, 1.82) is 0 Å². The monoisotopic (exact) mass is 236 g/mol. The number of nitrogens with zero attached hydrogens (tertiary/aromatic N) is 2. The Morgan fingerprint density at radius 3 is 3.12 bits per heavy atom. The molecule has 1 aromatic heterocycles. The molecule has 0 saturated carbocycles. The Balaban J connectivity index is 2.13. The van der Waals surface area contributed by atoms with Crippen LogP contribution in [-0.2, 0) is 16.1 Å². The molecule has 0 bridgehead atoms. The van der Waals surface area contributed by atoms with Gasteiger partial charge in [0.05, 0.1) is 12.0 Å². The lowest BCUT2D eigenvalue weighted by Crippen LogP contribution is -2.42. The normalized spacial score (nSPS) is 20.4. The smallest absolute Gasteiger partial charge is 0.249 e. The van der Waals surface area contributed by atoms with Crippen LogP contribution < -0.4 is 10.6 Å². The van der Waals surface area contributed by atoms with Gasteiger partial charge in [-0.15, -0.1) is 0 Å². The number of piperidine rings is 1. The lowest BCUT2D eigenvalue weighted by molar-refractivity contribution is -0.135. The molecule has 0 aliphatic carbocycles. The molecule has 2 amide bonds. The fraction of sp³-hybridized carbons (Fsp3) is 0.545. The number of imidazole rings is 1. The first-order valence-corrected chi connectivity index (χ1v) is 5.77. The Morgan fingerprint density at radius 1 is 1.59 bits per heavy atom. The predicted octanol–water partition coefficient (Wildman–Crippen LogP) is -0.0297. The van der Waals surface area contributed by atoms with E-state index in [2.05, 4.69) is 15.6 Å². The largest absolute Gasteiger partial charge is 0.321 e. The minimum atomic E-state index is -0.316. The number of imide groups is 1. The first-order valence-electron chi connectivity index (χ1n) is 5.77. The number of aromatic nitrogens is 2. The molecule has 1 fully saturated rings. The maximum absolute atomic E-state index is 11.7. The van der Waals surface area contributed by atoms with E-state index in [1.807, 2.05) is 11.5 Å². The van der Waals surface area contributed by atoms with E-state index in [0.29, 0.717) is 19.4 Å². The van der Waals surface area contributed by atoms with Crippen LogP contribution in [0.25, 0.3) is 0 Å². The standard InChI is InChI=1S/C11H16N4O2/c1-2-12-5-8-6-13-7-15(8)9-3-4-10(16)14-11(9)17/h6-7,9,12H,2-5H2,1H3,(H,14,16,17). The van der Waals surface area contributed by atoms with Gasteiger partial charge in [-0.1, -0.05) is 6.92 Å². The fourth-order valence-corrected chi connectivity index (χ4v) is 1.95. The Bertz CT molecular complexity index is 427. The van der Waals surface area contributed by atoms with Crippen LogP contribution >= 0.6 is 0 Å². The van der Waals surface area contributed by atoms with Crippen molar-refractivity contribution in [2.24, 2.45) is 0 Å². The summed E-state index contributed by atoms with van der Waals surface area (Å²) in [5.74, 6) is -0.434. The molecule has 2 heterocycles. The fourth-order valence-electron chi connectivity index (χ4n) is 1.95. The summed E-state index contributed by atoms with van der Waals surface area (Å²) in [6.07, 6.45) is 4.31. The van der Waals surface area contributed by atoms with Gasteiger partial charge < -0.3 is 9.88 Å². The lowest BCUT2D eigenvalue weighted by atomic mass is 10.1. The molecule has 1 aliphatic heterocycles. The second-order valence-corrected chi connectivity index (χ2v) is 4.04. The molecule has 2 N–H and O–H groups in total. The molecule has 6 nitrogen and oxygen atoms in total. The van der Waals surface area contributed by atoms with Gasteiger partial charge in [0.1, 0.15) is 6.04 Å². The highest BCUT2D eigenvalue weighted by molar-refractivity contribution is 5.99. The van der Waals surface area contributed by atoms with Crippen molar-refractivity contribution in [3.63, 3.8) is 0 Å². The maximum Gasteiger partial charge on any atom is 0.249 e. The van der Waals surface area contributed by atoms with Crippen molar-refractivity contribution in [1.82, 2.24) is 20.2 Å². The van der Waals surface area contributed by atoms with Gasteiger partial charge in [0.2, 0.25) is 11.8 Å². The SMILES string of the molecule is CCNCc1cncn1C1CCC(=O)NC1=O. The average molecular weight is 236 g/mol. The molecular formula is C11H16N4O2. The molecule has 2 rings (SSSR count). The molecule has 1 unspecified atom stereocenters. The molecule has 1 atom stereocenters. The van der Waals surface area contributed by atoms with Crippen LogP contribution in [0.2, 0.25) is 0 Å². The molecular weight excluding hydrogens is 220 g/mol. The maximum atomic E-state index is 11.7. The summed E-state index contributed by atoms with van der Waals surface area (Å²) in [6, 6.07) is -0.316. The van der Waals surface area contributed by atoms with Crippen LogP contribution in [0, 0.1) is 0 Å². The van der Waals surface area contributed by atoms with E-state index in [4.69, 9.17) is 0 Å². The van der Waals surface area contributed by atoms with E-state index in [9.17, 15) is 9.59 Å². The van der Waals surface area contributed by atoms with Crippen LogP contribution in [0.5, 0.6) is 0 Å². The Kier molecular flexibility index (Phi) is 3.53. The third kappa shape index (κ3) is 2.52. The van der Waals surface area contributed by atoms with E-state index in [0.717, 1.165) is 12.2 Å². The van der Waals surface area contributed by atoms with Gasteiger partial charge in [0, 0.05) is 19.2 Å². The zero-order valence-corrected chi connectivity index (χ0v) is 9.77. The van der Waals surface area contributed by atoms with Crippen molar-refractivity contribution in [2.75, 3.05) is 6.54 Å². The Hall–Kier alpha value is -1.69. The summed E-state index contributed by atoms with van der Waals surface area (Å²) < 4.78 is 1.84. The minimum Gasteiger partial charge on any atom is -0.321 e. The number of amides is 2. The van der Waals surface area contributed by atoms with Crippen molar-refractivity contribution in [3.8, 4) is 0 Å². The van der Waals surface area contributed by atoms with Gasteiger partial charge in [-0.25, -0.2) is 4.98 Å². The highest BCUT2D eigenvalue weighted by atomic mass is 16.2. The number of rotatable bonds is 4. The number of nitrogens with one attached hydrogen (secondary N) is 2. The molecule has 17 heavy (non-hydrogen) atoms. The number of carbonyl (C=O) groups is 2. The van der Waals surface area contributed by atoms with Gasteiger partial charge >= 0.3 is 0 Å². The number of hydrogen-bond acceptors (Lipinski definition) is 4. The summed E-state index contributed by atoms with van der Waals surface area (Å²) in [5, 5.41) is 5.55. The molecule has 1 aliphatic rings. The molecule has 1 aromatic rings. The first kappa shape index (κ1) is 11.8. The van der Waals surface area contributed by atoms with Gasteiger partial charge in [0.15, 0.2) is 0 Å². The summed E-state index contributed by atoms with van der Waals surface area (Å²) in [6.45, 7) is 3.56. The quantitative estimate of drug-likeness (QED) is 0.720. The molecule has 1 saturated heterocycles. The molecule has 0 spiro atoms. The van der Waals surface area contributed by atoms with Crippen LogP contribution in [0.15, 0.2) is 12.5 Å². The van der Waals surface area contributed by atoms with Crippen molar-refractivity contribution >= 4 is 11.8 Å². The van der Waals surface area contributed by atoms with Gasteiger partial charge in [-0.2, -0.15) is 0 Å². The van der Waals surface area contributed by atoms with E-state index < -0.39 is 0 Å². The lowest BCUT2D eigenvalue weighted by Gasteiger charge is -2.23.